The van der Waals surface area contributed by atoms with E-state index in [0.29, 0.717) is 0 Å². The minimum absolute atomic E-state index is 0.225. The molecule has 0 N–H and O–H groups in total. The number of ether oxygens (including phenoxy) is 2. The standard InChI is InChI=1S/C11H11NO4/c1-4-6-9(7-12)11(14)16-8(3)15-10(13)5-2/h4-6,8H,1-2H2,3H3. The van der Waals surface area contributed by atoms with E-state index in [-0.39, 0.29) is 5.57 Å². The van der Waals surface area contributed by atoms with E-state index in [1.54, 1.807) is 6.07 Å². The SMILES string of the molecule is C=CC=C(C#N)C(=O)OC(C)OC(=O)C=C. The number of allylic oxidation sites excluding steroid dienone is 2. The summed E-state index contributed by atoms with van der Waals surface area (Å²) in [5.41, 5.74) is -0.225. The van der Waals surface area contributed by atoms with Gasteiger partial charge in [-0.15, -0.1) is 0 Å². The lowest BCUT2D eigenvalue weighted by Gasteiger charge is -2.11. The van der Waals surface area contributed by atoms with Crippen LogP contribution in [-0.4, -0.2) is 18.2 Å². The van der Waals surface area contributed by atoms with Crippen molar-refractivity contribution in [3.8, 4) is 6.07 Å². The Hall–Kier alpha value is -2.35. The van der Waals surface area contributed by atoms with Gasteiger partial charge in [0.25, 0.3) is 0 Å². The fraction of sp³-hybridized carbons (Fsp3) is 0.182. The Morgan fingerprint density at radius 2 is 2.00 bits per heavy atom. The largest absolute Gasteiger partial charge is 0.422 e. The zero-order chi connectivity index (χ0) is 12.6. The van der Waals surface area contributed by atoms with Crippen LogP contribution < -0.4 is 0 Å². The summed E-state index contributed by atoms with van der Waals surface area (Å²) in [6.07, 6.45) is 2.33. The topological polar surface area (TPSA) is 76.4 Å². The van der Waals surface area contributed by atoms with Gasteiger partial charge in [0.2, 0.25) is 6.29 Å². The number of nitrogens with zero attached hydrogens (tertiary/aromatic N) is 1. The number of carbonyl (C=O) groups is 2. The first-order valence-corrected chi connectivity index (χ1v) is 4.32. The summed E-state index contributed by atoms with van der Waals surface area (Å²) in [6.45, 7) is 7.87. The van der Waals surface area contributed by atoms with Crippen molar-refractivity contribution in [2.24, 2.45) is 0 Å². The van der Waals surface area contributed by atoms with E-state index in [2.05, 4.69) is 22.6 Å². The molecule has 1 unspecified atom stereocenters. The molecule has 5 nitrogen and oxygen atoms in total. The quantitative estimate of drug-likeness (QED) is 0.229. The summed E-state index contributed by atoms with van der Waals surface area (Å²) < 4.78 is 9.24. The Labute approximate surface area is 93.3 Å². The molecule has 0 spiro atoms. The first kappa shape index (κ1) is 13.7. The molecule has 0 aromatic heterocycles. The minimum atomic E-state index is -1.08. The molecular formula is C11H11NO4. The van der Waals surface area contributed by atoms with Crippen LogP contribution in [0.4, 0.5) is 0 Å². The Morgan fingerprint density at radius 3 is 2.44 bits per heavy atom. The highest BCUT2D eigenvalue weighted by Crippen LogP contribution is 2.02. The lowest BCUT2D eigenvalue weighted by atomic mass is 10.3. The number of carbonyl (C=O) groups excluding carboxylic acids is 2. The highest BCUT2D eigenvalue weighted by molar-refractivity contribution is 5.93. The normalized spacial score (nSPS) is 11.9. The van der Waals surface area contributed by atoms with Crippen molar-refractivity contribution in [2.75, 3.05) is 0 Å². The Bertz CT molecular complexity index is 376. The van der Waals surface area contributed by atoms with Crippen LogP contribution in [0.5, 0.6) is 0 Å². The second-order valence-electron chi connectivity index (χ2n) is 2.54. The van der Waals surface area contributed by atoms with Crippen LogP contribution in [0.1, 0.15) is 6.92 Å². The first-order valence-electron chi connectivity index (χ1n) is 4.32. The van der Waals surface area contributed by atoms with Crippen LogP contribution in [0.2, 0.25) is 0 Å². The molecule has 1 atom stereocenters. The number of nitriles is 1. The minimum Gasteiger partial charge on any atom is -0.422 e. The van der Waals surface area contributed by atoms with Crippen LogP contribution in [0.25, 0.3) is 0 Å². The lowest BCUT2D eigenvalue weighted by molar-refractivity contribution is -0.177. The summed E-state index contributed by atoms with van der Waals surface area (Å²) >= 11 is 0. The second-order valence-corrected chi connectivity index (χ2v) is 2.54. The van der Waals surface area contributed by atoms with Gasteiger partial charge in [-0.1, -0.05) is 19.2 Å². The molecule has 0 aliphatic rings. The third-order valence-corrected chi connectivity index (χ3v) is 1.35. The zero-order valence-electron chi connectivity index (χ0n) is 8.80. The summed E-state index contributed by atoms with van der Waals surface area (Å²) in [6, 6.07) is 1.63. The molecule has 0 heterocycles. The van der Waals surface area contributed by atoms with Gasteiger partial charge >= 0.3 is 11.9 Å². The van der Waals surface area contributed by atoms with E-state index >= 15 is 0 Å². The molecule has 0 radical (unpaired) electrons. The molecule has 16 heavy (non-hydrogen) atoms. The number of esters is 2. The molecule has 0 saturated carbocycles. The van der Waals surface area contributed by atoms with Gasteiger partial charge in [-0.05, 0) is 6.08 Å². The van der Waals surface area contributed by atoms with Crippen LogP contribution in [0.3, 0.4) is 0 Å². The van der Waals surface area contributed by atoms with E-state index in [4.69, 9.17) is 5.26 Å². The average molecular weight is 221 g/mol. The fourth-order valence-electron chi connectivity index (χ4n) is 0.719. The van der Waals surface area contributed by atoms with Gasteiger partial charge in [0.15, 0.2) is 0 Å². The maximum absolute atomic E-state index is 11.3. The van der Waals surface area contributed by atoms with Crippen molar-refractivity contribution in [3.63, 3.8) is 0 Å². The first-order chi connectivity index (χ1) is 7.54. The van der Waals surface area contributed by atoms with E-state index in [9.17, 15) is 9.59 Å². The van der Waals surface area contributed by atoms with Gasteiger partial charge in [0.05, 0.1) is 0 Å². The predicted molar refractivity (Wildman–Crippen MR) is 55.7 cm³/mol. The van der Waals surface area contributed by atoms with Crippen molar-refractivity contribution in [1.82, 2.24) is 0 Å². The Morgan fingerprint density at radius 1 is 1.38 bits per heavy atom. The average Bonchev–Trinajstić information content (AvgIpc) is 2.25. The molecule has 0 saturated heterocycles. The van der Waals surface area contributed by atoms with E-state index in [0.717, 1.165) is 6.08 Å². The summed E-state index contributed by atoms with van der Waals surface area (Å²) in [4.78, 5) is 22.0. The molecule has 84 valence electrons. The third kappa shape index (κ3) is 4.77. The highest BCUT2D eigenvalue weighted by Gasteiger charge is 2.15. The Kier molecular flexibility index (Phi) is 5.98. The summed E-state index contributed by atoms with van der Waals surface area (Å²) in [5.74, 6) is -1.60. The number of hydrogen-bond acceptors (Lipinski definition) is 5. The van der Waals surface area contributed by atoms with Gasteiger partial charge < -0.3 is 9.47 Å². The van der Waals surface area contributed by atoms with Crippen molar-refractivity contribution in [2.45, 2.75) is 13.2 Å². The molecule has 0 amide bonds. The molecule has 0 aliphatic carbocycles. The van der Waals surface area contributed by atoms with E-state index in [1.807, 2.05) is 0 Å². The fourth-order valence-corrected chi connectivity index (χ4v) is 0.719. The molecule has 0 aromatic rings. The van der Waals surface area contributed by atoms with Crippen LogP contribution >= 0.6 is 0 Å². The van der Waals surface area contributed by atoms with Gasteiger partial charge in [-0.2, -0.15) is 5.26 Å². The Balaban J connectivity index is 4.40. The van der Waals surface area contributed by atoms with E-state index < -0.39 is 18.2 Å². The maximum atomic E-state index is 11.3. The molecule has 0 rings (SSSR count). The molecule has 0 aliphatic heterocycles. The van der Waals surface area contributed by atoms with Crippen molar-refractivity contribution >= 4 is 11.9 Å². The van der Waals surface area contributed by atoms with Gasteiger partial charge in [-0.3, -0.25) is 0 Å². The second kappa shape index (κ2) is 7.01. The summed E-state index contributed by atoms with van der Waals surface area (Å²) in [5, 5.41) is 8.58. The van der Waals surface area contributed by atoms with Gasteiger partial charge in [0, 0.05) is 13.0 Å². The van der Waals surface area contributed by atoms with Crippen LogP contribution in [0.15, 0.2) is 37.0 Å². The van der Waals surface area contributed by atoms with Gasteiger partial charge in [0.1, 0.15) is 11.6 Å². The van der Waals surface area contributed by atoms with Crippen molar-refractivity contribution in [3.05, 3.63) is 37.0 Å². The number of hydrogen-bond donors (Lipinski definition) is 0. The zero-order valence-corrected chi connectivity index (χ0v) is 8.80. The molecule has 0 bridgehead atoms. The summed E-state index contributed by atoms with van der Waals surface area (Å²) in [7, 11) is 0. The molecule has 0 fully saturated rings. The van der Waals surface area contributed by atoms with Crippen LogP contribution in [-0.2, 0) is 19.1 Å². The third-order valence-electron chi connectivity index (χ3n) is 1.35. The maximum Gasteiger partial charge on any atom is 0.351 e. The van der Waals surface area contributed by atoms with Crippen molar-refractivity contribution in [1.29, 1.82) is 5.26 Å². The molecule has 5 heteroatoms. The highest BCUT2D eigenvalue weighted by atomic mass is 16.7. The smallest absolute Gasteiger partial charge is 0.351 e. The van der Waals surface area contributed by atoms with Crippen molar-refractivity contribution < 1.29 is 19.1 Å². The van der Waals surface area contributed by atoms with Gasteiger partial charge in [-0.25, -0.2) is 9.59 Å². The molecular weight excluding hydrogens is 210 g/mol. The lowest BCUT2D eigenvalue weighted by Crippen LogP contribution is -2.21. The van der Waals surface area contributed by atoms with Crippen LogP contribution in [0, 0.1) is 11.3 Å². The number of rotatable bonds is 5. The monoisotopic (exact) mass is 221 g/mol. The molecule has 0 aromatic carbocycles. The predicted octanol–water partition coefficient (Wildman–Crippen LogP) is 1.24. The van der Waals surface area contributed by atoms with E-state index in [1.165, 1.54) is 19.1 Å².